The fraction of sp³-hybridized carbons (Fsp3) is 0.533. The molecule has 1 heterocycles. The van der Waals surface area contributed by atoms with E-state index in [0.717, 1.165) is 43.3 Å². The molecule has 6 heteroatoms. The van der Waals surface area contributed by atoms with Crippen LogP contribution in [0.3, 0.4) is 0 Å². The first kappa shape index (κ1) is 16.5. The number of hydrogen-bond donors (Lipinski definition) is 1. The number of benzene rings is 1. The quantitative estimate of drug-likeness (QED) is 0.822. The van der Waals surface area contributed by atoms with Crippen molar-refractivity contribution in [1.82, 2.24) is 9.80 Å². The molecule has 0 bridgehead atoms. The molecule has 116 valence electrons. The van der Waals surface area contributed by atoms with Crippen LogP contribution in [0.2, 0.25) is 0 Å². The number of phenolic OH excluding ortho intramolecular Hbond substituents is 1. The van der Waals surface area contributed by atoms with E-state index in [1.807, 2.05) is 19.1 Å². The van der Waals surface area contributed by atoms with Crippen molar-refractivity contribution >= 4 is 33.1 Å². The van der Waals surface area contributed by atoms with Crippen molar-refractivity contribution in [2.45, 2.75) is 13.8 Å². The minimum absolute atomic E-state index is 0.124. The van der Waals surface area contributed by atoms with Crippen LogP contribution in [0.25, 0.3) is 0 Å². The Kier molecular flexibility index (Phi) is 5.84. The zero-order chi connectivity index (χ0) is 15.4. The topological polar surface area (TPSA) is 35.9 Å². The molecule has 1 aliphatic rings. The van der Waals surface area contributed by atoms with Crippen LogP contribution in [0.15, 0.2) is 16.6 Å². The molecule has 21 heavy (non-hydrogen) atoms. The van der Waals surface area contributed by atoms with Crippen LogP contribution < -0.4 is 4.74 Å². The predicted octanol–water partition coefficient (Wildman–Crippen LogP) is 2.87. The van der Waals surface area contributed by atoms with Crippen LogP contribution in [-0.2, 0) is 0 Å². The Bertz CT molecular complexity index is 517. The second-order valence-electron chi connectivity index (χ2n) is 4.96. The molecule has 1 fully saturated rings. The number of ether oxygens (including phenoxy) is 1. The monoisotopic (exact) mass is 372 g/mol. The van der Waals surface area contributed by atoms with Crippen molar-refractivity contribution in [2.24, 2.45) is 0 Å². The molecule has 0 saturated carbocycles. The van der Waals surface area contributed by atoms with Crippen molar-refractivity contribution < 1.29 is 9.84 Å². The van der Waals surface area contributed by atoms with E-state index in [1.165, 1.54) is 0 Å². The van der Waals surface area contributed by atoms with Crippen LogP contribution in [-0.4, -0.2) is 59.2 Å². The number of phenols is 1. The van der Waals surface area contributed by atoms with Gasteiger partial charge in [-0.3, -0.25) is 0 Å². The Labute approximate surface area is 139 Å². The molecule has 1 aromatic carbocycles. The fourth-order valence-electron chi connectivity index (χ4n) is 2.41. The molecule has 1 aromatic rings. The minimum Gasteiger partial charge on any atom is -0.503 e. The van der Waals surface area contributed by atoms with Gasteiger partial charge in [0.2, 0.25) is 0 Å². The van der Waals surface area contributed by atoms with E-state index < -0.39 is 0 Å². The van der Waals surface area contributed by atoms with Crippen LogP contribution in [0.5, 0.6) is 11.5 Å². The Morgan fingerprint density at radius 3 is 2.52 bits per heavy atom. The highest BCUT2D eigenvalue weighted by Gasteiger charge is 2.20. The summed E-state index contributed by atoms with van der Waals surface area (Å²) in [5, 5.41) is 9.98. The third-order valence-corrected chi connectivity index (χ3v) is 4.78. The average Bonchev–Trinajstić information content (AvgIpc) is 2.51. The molecule has 0 atom stereocenters. The lowest BCUT2D eigenvalue weighted by molar-refractivity contribution is 0.192. The summed E-state index contributed by atoms with van der Waals surface area (Å²) >= 11 is 8.98. The third-order valence-electron chi connectivity index (χ3n) is 3.68. The first-order valence-corrected chi connectivity index (χ1v) is 8.43. The second kappa shape index (κ2) is 7.42. The molecule has 0 amide bonds. The highest BCUT2D eigenvalue weighted by atomic mass is 79.9. The number of halogens is 1. The van der Waals surface area contributed by atoms with E-state index in [2.05, 4.69) is 32.7 Å². The van der Waals surface area contributed by atoms with E-state index in [4.69, 9.17) is 17.0 Å². The third kappa shape index (κ3) is 3.87. The maximum atomic E-state index is 9.98. The number of piperazine rings is 1. The molecule has 2 rings (SSSR count). The Hall–Kier alpha value is -0.850. The SMILES string of the molecule is CCOc1cc(C(=S)N2CCN(CC)CC2)cc(Br)c1O. The van der Waals surface area contributed by atoms with Crippen molar-refractivity contribution in [1.29, 1.82) is 0 Å². The van der Waals surface area contributed by atoms with Gasteiger partial charge in [0.25, 0.3) is 0 Å². The molecule has 1 aliphatic heterocycles. The van der Waals surface area contributed by atoms with Crippen molar-refractivity contribution in [3.63, 3.8) is 0 Å². The van der Waals surface area contributed by atoms with E-state index >= 15 is 0 Å². The summed E-state index contributed by atoms with van der Waals surface area (Å²) in [6.07, 6.45) is 0. The van der Waals surface area contributed by atoms with Crippen molar-refractivity contribution in [3.05, 3.63) is 22.2 Å². The van der Waals surface area contributed by atoms with E-state index in [9.17, 15) is 5.11 Å². The summed E-state index contributed by atoms with van der Waals surface area (Å²) in [6, 6.07) is 3.67. The van der Waals surface area contributed by atoms with Crippen molar-refractivity contribution in [3.8, 4) is 11.5 Å². The molecule has 0 unspecified atom stereocenters. The molecule has 4 nitrogen and oxygen atoms in total. The van der Waals surface area contributed by atoms with Crippen LogP contribution >= 0.6 is 28.1 Å². The zero-order valence-corrected chi connectivity index (χ0v) is 14.8. The summed E-state index contributed by atoms with van der Waals surface area (Å²) in [5.41, 5.74) is 0.906. The molecule has 0 aromatic heterocycles. The maximum Gasteiger partial charge on any atom is 0.172 e. The predicted molar refractivity (Wildman–Crippen MR) is 92.4 cm³/mol. The van der Waals surface area contributed by atoms with Crippen LogP contribution in [0.1, 0.15) is 19.4 Å². The summed E-state index contributed by atoms with van der Waals surface area (Å²) in [7, 11) is 0. The lowest BCUT2D eigenvalue weighted by atomic mass is 10.1. The molecule has 0 aliphatic carbocycles. The first-order valence-electron chi connectivity index (χ1n) is 7.23. The highest BCUT2D eigenvalue weighted by molar-refractivity contribution is 9.10. The standard InChI is InChI=1S/C15H21BrN2O2S/c1-3-17-5-7-18(8-6-17)15(21)11-9-12(16)14(19)13(10-11)20-4-2/h9-10,19H,3-8H2,1-2H3. The van der Waals surface area contributed by atoms with Gasteiger partial charge >= 0.3 is 0 Å². The highest BCUT2D eigenvalue weighted by Crippen LogP contribution is 2.36. The lowest BCUT2D eigenvalue weighted by Crippen LogP contribution is -2.48. The van der Waals surface area contributed by atoms with Gasteiger partial charge < -0.3 is 19.6 Å². The summed E-state index contributed by atoms with van der Waals surface area (Å²) in [5.74, 6) is 0.593. The number of likely N-dealkylation sites (N-methyl/N-ethyl adjacent to an activating group) is 1. The molecule has 1 N–H and O–H groups in total. The molecule has 1 saturated heterocycles. The summed E-state index contributed by atoms with van der Waals surface area (Å²) < 4.78 is 6.07. The van der Waals surface area contributed by atoms with Gasteiger partial charge in [-0.15, -0.1) is 0 Å². The summed E-state index contributed by atoms with van der Waals surface area (Å²) in [4.78, 5) is 5.44. The number of nitrogens with zero attached hydrogens (tertiary/aromatic N) is 2. The largest absolute Gasteiger partial charge is 0.503 e. The minimum atomic E-state index is 0.124. The Morgan fingerprint density at radius 2 is 1.95 bits per heavy atom. The van der Waals surface area contributed by atoms with Gasteiger partial charge in [0, 0.05) is 31.7 Å². The number of rotatable bonds is 4. The normalized spacial score (nSPS) is 16.0. The summed E-state index contributed by atoms with van der Waals surface area (Å²) in [6.45, 7) is 9.61. The van der Waals surface area contributed by atoms with Crippen LogP contribution in [0, 0.1) is 0 Å². The zero-order valence-electron chi connectivity index (χ0n) is 12.4. The first-order chi connectivity index (χ1) is 10.1. The fourth-order valence-corrected chi connectivity index (χ4v) is 3.16. The lowest BCUT2D eigenvalue weighted by Gasteiger charge is -2.35. The van der Waals surface area contributed by atoms with Crippen molar-refractivity contribution in [2.75, 3.05) is 39.3 Å². The average molecular weight is 373 g/mol. The number of thiocarbonyl (C=S) groups is 1. The molecular weight excluding hydrogens is 352 g/mol. The van der Waals surface area contributed by atoms with E-state index in [1.54, 1.807) is 0 Å². The van der Waals surface area contributed by atoms with Gasteiger partial charge in [0.15, 0.2) is 11.5 Å². The second-order valence-corrected chi connectivity index (χ2v) is 6.21. The van der Waals surface area contributed by atoms with E-state index in [0.29, 0.717) is 16.8 Å². The van der Waals surface area contributed by atoms with Gasteiger partial charge in [-0.05, 0) is 41.5 Å². The molecule has 0 radical (unpaired) electrons. The van der Waals surface area contributed by atoms with Gasteiger partial charge in [0.1, 0.15) is 4.99 Å². The van der Waals surface area contributed by atoms with Crippen LogP contribution in [0.4, 0.5) is 0 Å². The molecule has 0 spiro atoms. The van der Waals surface area contributed by atoms with Gasteiger partial charge in [-0.25, -0.2) is 0 Å². The van der Waals surface area contributed by atoms with Gasteiger partial charge in [-0.1, -0.05) is 19.1 Å². The van der Waals surface area contributed by atoms with Gasteiger partial charge in [0.05, 0.1) is 11.1 Å². The number of aromatic hydroxyl groups is 1. The molecular formula is C15H21BrN2O2S. The smallest absolute Gasteiger partial charge is 0.172 e. The van der Waals surface area contributed by atoms with Gasteiger partial charge in [-0.2, -0.15) is 0 Å². The Morgan fingerprint density at radius 1 is 1.29 bits per heavy atom. The maximum absolute atomic E-state index is 9.98. The number of hydrogen-bond acceptors (Lipinski definition) is 4. The Balaban J connectivity index is 2.16. The van der Waals surface area contributed by atoms with E-state index in [-0.39, 0.29) is 5.75 Å².